The first-order valence-electron chi connectivity index (χ1n) is 16.3. The molecule has 0 aromatic carbocycles. The Bertz CT molecular complexity index is 1140. The van der Waals surface area contributed by atoms with Gasteiger partial charge >= 0.3 is 0 Å². The van der Waals surface area contributed by atoms with Gasteiger partial charge in [0.2, 0.25) is 11.8 Å². The highest BCUT2D eigenvalue weighted by Gasteiger charge is 2.65. The molecule has 0 radical (unpaired) electrons. The highest BCUT2D eigenvalue weighted by atomic mass is 35.5. The molecule has 10 atom stereocenters. The fourth-order valence-corrected chi connectivity index (χ4v) is 11.3. The summed E-state index contributed by atoms with van der Waals surface area (Å²) < 4.78 is 29.3. The van der Waals surface area contributed by atoms with Gasteiger partial charge in [0.05, 0.1) is 25.2 Å². The summed E-state index contributed by atoms with van der Waals surface area (Å²) in [5.74, 6) is 1.83. The molecular weight excluding hydrogens is 574 g/mol. The first-order chi connectivity index (χ1) is 20.1. The third-order valence-corrected chi connectivity index (χ3v) is 12.5. The molecule has 11 heteroatoms. The number of nitrogens with one attached hydrogen (secondary N) is 2. The van der Waals surface area contributed by atoms with Crippen LogP contribution in [0.3, 0.4) is 0 Å². The molecule has 8 aliphatic carbocycles. The van der Waals surface area contributed by atoms with Crippen LogP contribution in [0, 0.1) is 46.3 Å². The highest BCUT2D eigenvalue weighted by molar-refractivity contribution is 5.85. The Kier molecular flexibility index (Phi) is 8.00. The molecule has 0 aromatic rings. The standard InChI is InChI=1S/2C16H22FN3O.ClH/c2*17-15-5-11-4-12(7-15)16(6-11,10-15)19-9-14(21)20-3-1-2-13(20)8-18;/h2*11-13,19H,1-7,9-10H2;1H/t2*11?,12?,13-,15?,16?;/m00./s1. The minimum Gasteiger partial charge on any atom is -0.326 e. The van der Waals surface area contributed by atoms with E-state index in [4.69, 9.17) is 10.5 Å². The summed E-state index contributed by atoms with van der Waals surface area (Å²) in [6, 6.07) is 3.88. The molecule has 8 unspecified atom stereocenters. The normalized spacial score (nSPS) is 46.0. The third-order valence-electron chi connectivity index (χ3n) is 12.5. The molecule has 10 aliphatic rings. The lowest BCUT2D eigenvalue weighted by molar-refractivity contribution is -0.131. The van der Waals surface area contributed by atoms with Crippen LogP contribution < -0.4 is 10.6 Å². The van der Waals surface area contributed by atoms with E-state index in [0.29, 0.717) is 62.4 Å². The number of hydrogen-bond acceptors (Lipinski definition) is 6. The number of likely N-dealkylation sites (tertiary alicyclic amines) is 2. The fraction of sp³-hybridized carbons (Fsp3) is 0.875. The zero-order valence-corrected chi connectivity index (χ0v) is 25.8. The van der Waals surface area contributed by atoms with E-state index in [1.165, 1.54) is 0 Å². The maximum atomic E-state index is 14.6. The lowest BCUT2D eigenvalue weighted by Gasteiger charge is -2.36. The van der Waals surface area contributed by atoms with Crippen molar-refractivity contribution in [1.82, 2.24) is 20.4 Å². The van der Waals surface area contributed by atoms with Crippen LogP contribution in [0.5, 0.6) is 0 Å². The average Bonchev–Trinajstić information content (AvgIpc) is 3.75. The van der Waals surface area contributed by atoms with Gasteiger partial charge < -0.3 is 20.4 Å². The van der Waals surface area contributed by atoms with Crippen LogP contribution in [0.4, 0.5) is 8.78 Å². The van der Waals surface area contributed by atoms with Gasteiger partial charge in [-0.3, -0.25) is 9.59 Å². The zero-order valence-electron chi connectivity index (χ0n) is 25.0. The maximum absolute atomic E-state index is 14.6. The van der Waals surface area contributed by atoms with Gasteiger partial charge in [0.15, 0.2) is 0 Å². The lowest BCUT2D eigenvalue weighted by Crippen LogP contribution is -2.52. The van der Waals surface area contributed by atoms with Crippen LogP contribution in [0.1, 0.15) is 89.9 Å². The van der Waals surface area contributed by atoms with Crippen molar-refractivity contribution in [2.45, 2.75) is 124 Å². The second kappa shape index (κ2) is 11.1. The molecule has 236 valence electrons. The van der Waals surface area contributed by atoms with Gasteiger partial charge in [0.25, 0.3) is 0 Å². The van der Waals surface area contributed by atoms with Crippen LogP contribution in [0.2, 0.25) is 0 Å². The monoisotopic (exact) mass is 618 g/mol. The van der Waals surface area contributed by atoms with Gasteiger partial charge in [0.1, 0.15) is 23.4 Å². The summed E-state index contributed by atoms with van der Waals surface area (Å²) in [5.41, 5.74) is -2.25. The first-order valence-corrected chi connectivity index (χ1v) is 16.3. The van der Waals surface area contributed by atoms with Crippen LogP contribution in [0.15, 0.2) is 0 Å². The van der Waals surface area contributed by atoms with E-state index in [1.807, 2.05) is 0 Å². The topological polar surface area (TPSA) is 112 Å². The number of carbonyl (C=O) groups excluding carboxylic acids is 2. The van der Waals surface area contributed by atoms with Crippen molar-refractivity contribution in [3.8, 4) is 12.1 Å². The van der Waals surface area contributed by atoms with Crippen molar-refractivity contribution in [3.05, 3.63) is 0 Å². The van der Waals surface area contributed by atoms with Gasteiger partial charge in [-0.05, 0) is 114 Å². The van der Waals surface area contributed by atoms with Gasteiger partial charge in [-0.15, -0.1) is 12.4 Å². The molecule has 8 saturated carbocycles. The van der Waals surface area contributed by atoms with Crippen molar-refractivity contribution in [2.75, 3.05) is 26.2 Å². The van der Waals surface area contributed by atoms with E-state index in [0.717, 1.165) is 64.2 Å². The van der Waals surface area contributed by atoms with E-state index in [2.05, 4.69) is 22.8 Å². The van der Waals surface area contributed by atoms with Crippen molar-refractivity contribution in [3.63, 3.8) is 0 Å². The predicted octanol–water partition coefficient (Wildman–Crippen LogP) is 3.94. The molecule has 8 nitrogen and oxygen atoms in total. The summed E-state index contributed by atoms with van der Waals surface area (Å²) in [4.78, 5) is 28.1. The van der Waals surface area contributed by atoms with Crippen LogP contribution in [-0.4, -0.2) is 82.3 Å². The van der Waals surface area contributed by atoms with E-state index in [1.54, 1.807) is 9.80 Å². The summed E-state index contributed by atoms with van der Waals surface area (Å²) in [6.45, 7) is 1.89. The van der Waals surface area contributed by atoms with Crippen LogP contribution >= 0.6 is 12.4 Å². The Morgan fingerprint density at radius 3 is 1.51 bits per heavy atom. The maximum Gasteiger partial charge on any atom is 0.237 e. The molecule has 2 amide bonds. The molecule has 2 saturated heterocycles. The third kappa shape index (κ3) is 5.34. The van der Waals surface area contributed by atoms with Gasteiger partial charge in [-0.1, -0.05) is 0 Å². The quantitative estimate of drug-likeness (QED) is 0.466. The number of carbonyl (C=O) groups is 2. The van der Waals surface area contributed by atoms with Crippen molar-refractivity contribution >= 4 is 24.2 Å². The lowest BCUT2D eigenvalue weighted by atomic mass is 9.78. The fourth-order valence-electron chi connectivity index (χ4n) is 11.3. The number of alkyl halides is 2. The number of halogens is 3. The number of hydrogen-bond donors (Lipinski definition) is 2. The smallest absolute Gasteiger partial charge is 0.237 e. The van der Waals surface area contributed by atoms with E-state index in [-0.39, 0.29) is 60.5 Å². The second-order valence-electron chi connectivity index (χ2n) is 15.2. The summed E-state index contributed by atoms with van der Waals surface area (Å²) >= 11 is 0. The van der Waals surface area contributed by atoms with Crippen LogP contribution in [0.25, 0.3) is 0 Å². The largest absolute Gasteiger partial charge is 0.326 e. The minimum absolute atomic E-state index is 0. The van der Waals surface area contributed by atoms with Crippen molar-refractivity contribution in [2.24, 2.45) is 23.7 Å². The zero-order chi connectivity index (χ0) is 29.3. The summed E-state index contributed by atoms with van der Waals surface area (Å²) in [5, 5.41) is 25.0. The molecule has 8 bridgehead atoms. The number of nitriles is 2. The summed E-state index contributed by atoms with van der Waals surface area (Å²) in [6.07, 6.45) is 11.6. The molecular formula is C32H45ClF2N6O2. The van der Waals surface area contributed by atoms with Gasteiger partial charge in [-0.2, -0.15) is 10.5 Å². The molecule has 43 heavy (non-hydrogen) atoms. The van der Waals surface area contributed by atoms with E-state index >= 15 is 0 Å². The molecule has 2 heterocycles. The number of amides is 2. The second-order valence-corrected chi connectivity index (χ2v) is 15.2. The first kappa shape index (κ1) is 31.0. The SMILES string of the molecule is Cl.N#C[C@@H]1CCCN1C(=O)CNC12CC3CC1CC(F)(C3)C2.N#C[C@@H]1CCCN1C(=O)CNC12CC3CC1CC(F)(C3)C2. The Balaban J connectivity index is 0.000000150. The molecule has 10 fully saturated rings. The Morgan fingerprint density at radius 1 is 0.721 bits per heavy atom. The minimum atomic E-state index is -0.981. The molecule has 0 aromatic heterocycles. The van der Waals surface area contributed by atoms with Gasteiger partial charge in [0, 0.05) is 24.2 Å². The molecule has 2 N–H and O–H groups in total. The Morgan fingerprint density at radius 2 is 1.14 bits per heavy atom. The Labute approximate surface area is 259 Å². The number of rotatable bonds is 6. The molecule has 10 rings (SSSR count). The molecule has 2 aliphatic heterocycles. The van der Waals surface area contributed by atoms with E-state index < -0.39 is 11.3 Å². The summed E-state index contributed by atoms with van der Waals surface area (Å²) in [7, 11) is 0. The highest BCUT2D eigenvalue weighted by Crippen LogP contribution is 2.64. The van der Waals surface area contributed by atoms with Gasteiger partial charge in [-0.25, -0.2) is 8.78 Å². The van der Waals surface area contributed by atoms with E-state index in [9.17, 15) is 18.4 Å². The van der Waals surface area contributed by atoms with Crippen molar-refractivity contribution in [1.29, 1.82) is 10.5 Å². The average molecular weight is 619 g/mol. The number of nitrogens with zero attached hydrogens (tertiary/aromatic N) is 4. The molecule has 0 spiro atoms. The predicted molar refractivity (Wildman–Crippen MR) is 157 cm³/mol. The van der Waals surface area contributed by atoms with Crippen LogP contribution in [-0.2, 0) is 9.59 Å². The Hall–Kier alpha value is -2.01. The van der Waals surface area contributed by atoms with Crippen molar-refractivity contribution < 1.29 is 18.4 Å².